The molecule has 0 aliphatic heterocycles. The van der Waals surface area contributed by atoms with E-state index in [0.29, 0.717) is 12.1 Å². The molecule has 154 valence electrons. The summed E-state index contributed by atoms with van der Waals surface area (Å²) in [6.07, 6.45) is 2.04. The summed E-state index contributed by atoms with van der Waals surface area (Å²) in [4.78, 5) is 27.2. The number of nitrogens with zero attached hydrogens (tertiary/aromatic N) is 1. The molecule has 2 rings (SSSR count). The predicted octanol–water partition coefficient (Wildman–Crippen LogP) is 1.59. The van der Waals surface area contributed by atoms with Crippen LogP contribution < -0.4 is 21.7 Å². The second-order valence-electron chi connectivity index (χ2n) is 6.56. The standard InChI is InChI=1S/C22H29N5O2/c1-2-24-22(25-14-6-9-17-7-4-3-5-8-17)27-15-18-10-12-19(13-11-18)21(29)26-16-20(23)28/h3-5,7-8,10-13H,2,6,9,14-16H2,1H3,(H2,23,28)(H,26,29)(H2,24,25,27). The van der Waals surface area contributed by atoms with E-state index < -0.39 is 5.91 Å². The van der Waals surface area contributed by atoms with Crippen molar-refractivity contribution >= 4 is 17.8 Å². The molecular weight excluding hydrogens is 366 g/mol. The van der Waals surface area contributed by atoms with Crippen LogP contribution in [0.15, 0.2) is 59.6 Å². The number of aryl methyl sites for hydroxylation is 1. The maximum Gasteiger partial charge on any atom is 0.251 e. The Kier molecular flexibility index (Phi) is 9.21. The smallest absolute Gasteiger partial charge is 0.251 e. The molecule has 2 amide bonds. The van der Waals surface area contributed by atoms with Gasteiger partial charge in [-0.25, -0.2) is 4.99 Å². The van der Waals surface area contributed by atoms with Crippen molar-refractivity contribution in [3.05, 3.63) is 71.3 Å². The summed E-state index contributed by atoms with van der Waals surface area (Å²) in [5, 5.41) is 9.05. The summed E-state index contributed by atoms with van der Waals surface area (Å²) in [5.41, 5.74) is 7.82. The minimum atomic E-state index is -0.573. The zero-order chi connectivity index (χ0) is 20.9. The van der Waals surface area contributed by atoms with Crippen molar-refractivity contribution in [2.45, 2.75) is 26.3 Å². The van der Waals surface area contributed by atoms with E-state index in [9.17, 15) is 9.59 Å². The Balaban J connectivity index is 1.82. The third-order valence-corrected chi connectivity index (χ3v) is 4.18. The number of hydrogen-bond donors (Lipinski definition) is 4. The van der Waals surface area contributed by atoms with Crippen LogP contribution in [0.25, 0.3) is 0 Å². The highest BCUT2D eigenvalue weighted by Gasteiger charge is 2.06. The average Bonchev–Trinajstić information content (AvgIpc) is 2.74. The van der Waals surface area contributed by atoms with Gasteiger partial charge in [-0.3, -0.25) is 9.59 Å². The number of rotatable bonds is 10. The number of nitrogens with two attached hydrogens (primary N) is 1. The van der Waals surface area contributed by atoms with Crippen LogP contribution in [-0.2, 0) is 17.8 Å². The molecule has 7 nitrogen and oxygen atoms in total. The van der Waals surface area contributed by atoms with E-state index in [-0.39, 0.29) is 12.5 Å². The van der Waals surface area contributed by atoms with E-state index in [2.05, 4.69) is 45.2 Å². The predicted molar refractivity (Wildman–Crippen MR) is 116 cm³/mol. The van der Waals surface area contributed by atoms with Crippen LogP contribution in [0.4, 0.5) is 0 Å². The van der Waals surface area contributed by atoms with E-state index in [1.807, 2.05) is 25.1 Å². The molecule has 5 N–H and O–H groups in total. The van der Waals surface area contributed by atoms with Crippen LogP contribution in [-0.4, -0.2) is 37.4 Å². The maximum atomic E-state index is 11.9. The van der Waals surface area contributed by atoms with Crippen LogP contribution >= 0.6 is 0 Å². The maximum absolute atomic E-state index is 11.9. The van der Waals surface area contributed by atoms with Crippen molar-refractivity contribution in [1.82, 2.24) is 16.0 Å². The summed E-state index contributed by atoms with van der Waals surface area (Å²) in [6.45, 7) is 3.97. The number of hydrogen-bond acceptors (Lipinski definition) is 3. The third kappa shape index (κ3) is 8.47. The van der Waals surface area contributed by atoms with Crippen LogP contribution in [0.1, 0.15) is 34.8 Å². The molecule has 2 aromatic carbocycles. The van der Waals surface area contributed by atoms with Crippen LogP contribution in [0.5, 0.6) is 0 Å². The molecule has 0 bridgehead atoms. The lowest BCUT2D eigenvalue weighted by Gasteiger charge is -2.11. The lowest BCUT2D eigenvalue weighted by Crippen LogP contribution is -2.37. The SMILES string of the molecule is CCNC(=NCc1ccc(C(=O)NCC(N)=O)cc1)NCCCc1ccccc1. The van der Waals surface area contributed by atoms with Crippen LogP contribution in [0.2, 0.25) is 0 Å². The molecule has 0 spiro atoms. The number of aliphatic imine (C=N–C) groups is 1. The summed E-state index contributed by atoms with van der Waals surface area (Å²) in [5.74, 6) is -0.132. The molecule has 29 heavy (non-hydrogen) atoms. The van der Waals surface area contributed by atoms with Gasteiger partial charge in [-0.05, 0) is 43.0 Å². The first-order chi connectivity index (χ1) is 14.1. The van der Waals surface area contributed by atoms with Crippen LogP contribution in [0.3, 0.4) is 0 Å². The van der Waals surface area contributed by atoms with Crippen molar-refractivity contribution in [3.8, 4) is 0 Å². The Morgan fingerprint density at radius 1 is 0.931 bits per heavy atom. The van der Waals surface area contributed by atoms with Crippen LogP contribution in [0, 0.1) is 0 Å². The molecule has 0 aliphatic rings. The molecule has 0 radical (unpaired) electrons. The Morgan fingerprint density at radius 2 is 1.66 bits per heavy atom. The van der Waals surface area contributed by atoms with Gasteiger partial charge in [0.15, 0.2) is 5.96 Å². The number of primary amides is 1. The summed E-state index contributed by atoms with van der Waals surface area (Å²) in [6, 6.07) is 17.5. The second-order valence-corrected chi connectivity index (χ2v) is 6.56. The number of amides is 2. The van der Waals surface area contributed by atoms with Gasteiger partial charge >= 0.3 is 0 Å². The highest BCUT2D eigenvalue weighted by Crippen LogP contribution is 2.06. The Labute approximate surface area is 171 Å². The second kappa shape index (κ2) is 12.2. The molecule has 0 saturated heterocycles. The summed E-state index contributed by atoms with van der Waals surface area (Å²) < 4.78 is 0. The number of carbonyl (C=O) groups excluding carboxylic acids is 2. The molecule has 0 atom stereocenters. The molecule has 2 aromatic rings. The molecule has 0 heterocycles. The molecule has 0 saturated carbocycles. The normalized spacial score (nSPS) is 11.0. The largest absolute Gasteiger partial charge is 0.368 e. The first-order valence-corrected chi connectivity index (χ1v) is 9.80. The summed E-state index contributed by atoms with van der Waals surface area (Å²) in [7, 11) is 0. The number of benzene rings is 2. The number of guanidine groups is 1. The van der Waals surface area contributed by atoms with E-state index in [0.717, 1.165) is 37.5 Å². The fraction of sp³-hybridized carbons (Fsp3) is 0.318. The van der Waals surface area contributed by atoms with Crippen molar-refractivity contribution in [2.24, 2.45) is 10.7 Å². The first-order valence-electron chi connectivity index (χ1n) is 9.80. The number of nitrogens with one attached hydrogen (secondary N) is 3. The van der Waals surface area contributed by atoms with Crippen molar-refractivity contribution in [1.29, 1.82) is 0 Å². The van der Waals surface area contributed by atoms with Gasteiger partial charge in [0.25, 0.3) is 5.91 Å². The molecule has 0 unspecified atom stereocenters. The fourth-order valence-electron chi connectivity index (χ4n) is 2.69. The molecule has 0 aliphatic carbocycles. The Bertz CT molecular complexity index is 804. The fourth-order valence-corrected chi connectivity index (χ4v) is 2.69. The van der Waals surface area contributed by atoms with Crippen molar-refractivity contribution in [3.63, 3.8) is 0 Å². The molecule has 0 aromatic heterocycles. The van der Waals surface area contributed by atoms with Gasteiger partial charge in [0.2, 0.25) is 5.91 Å². The quantitative estimate of drug-likeness (QED) is 0.278. The summed E-state index contributed by atoms with van der Waals surface area (Å²) >= 11 is 0. The van der Waals surface area contributed by atoms with Gasteiger partial charge in [0.1, 0.15) is 0 Å². The molecule has 0 fully saturated rings. The Hall–Kier alpha value is -3.35. The average molecular weight is 396 g/mol. The molecule has 7 heteroatoms. The lowest BCUT2D eigenvalue weighted by atomic mass is 10.1. The molecular formula is C22H29N5O2. The highest BCUT2D eigenvalue weighted by molar-refractivity contribution is 5.96. The lowest BCUT2D eigenvalue weighted by molar-refractivity contribution is -0.117. The topological polar surface area (TPSA) is 109 Å². The number of carbonyl (C=O) groups is 2. The van der Waals surface area contributed by atoms with E-state index >= 15 is 0 Å². The first kappa shape index (κ1) is 21.9. The van der Waals surface area contributed by atoms with E-state index in [1.165, 1.54) is 5.56 Å². The monoisotopic (exact) mass is 395 g/mol. The van der Waals surface area contributed by atoms with Crippen molar-refractivity contribution < 1.29 is 9.59 Å². The highest BCUT2D eigenvalue weighted by atomic mass is 16.2. The van der Waals surface area contributed by atoms with Gasteiger partial charge in [0.05, 0.1) is 13.1 Å². The van der Waals surface area contributed by atoms with Crippen molar-refractivity contribution in [2.75, 3.05) is 19.6 Å². The minimum absolute atomic E-state index is 0.174. The van der Waals surface area contributed by atoms with E-state index in [4.69, 9.17) is 5.73 Å². The van der Waals surface area contributed by atoms with E-state index in [1.54, 1.807) is 12.1 Å². The zero-order valence-electron chi connectivity index (χ0n) is 16.8. The zero-order valence-corrected chi connectivity index (χ0v) is 16.8. The van der Waals surface area contributed by atoms with Gasteiger partial charge in [0, 0.05) is 18.7 Å². The van der Waals surface area contributed by atoms with Gasteiger partial charge in [-0.15, -0.1) is 0 Å². The minimum Gasteiger partial charge on any atom is -0.368 e. The third-order valence-electron chi connectivity index (χ3n) is 4.18. The van der Waals surface area contributed by atoms with Gasteiger partial charge in [-0.2, -0.15) is 0 Å². The van der Waals surface area contributed by atoms with Gasteiger partial charge in [-0.1, -0.05) is 42.5 Å². The Morgan fingerprint density at radius 3 is 2.31 bits per heavy atom. The van der Waals surface area contributed by atoms with Gasteiger partial charge < -0.3 is 21.7 Å².